The number of carbonyl (C=O) groups is 3. The topological polar surface area (TPSA) is 108 Å². The van der Waals surface area contributed by atoms with Crippen LogP contribution in [0.5, 0.6) is 0 Å². The molecule has 0 aliphatic rings. The first-order valence-corrected chi connectivity index (χ1v) is 21.6. The Bertz CT molecular complexity index is 1150. The van der Waals surface area contributed by atoms with Gasteiger partial charge in [0, 0.05) is 12.8 Å². The van der Waals surface area contributed by atoms with Crippen LogP contribution < -0.4 is 0 Å². The predicted octanol–water partition coefficient (Wildman–Crippen LogP) is 11.2. The molecule has 0 fully saturated rings. The first-order valence-electron chi connectivity index (χ1n) is 21.6. The van der Waals surface area contributed by atoms with E-state index in [0.29, 0.717) is 23.9 Å². The highest BCUT2D eigenvalue weighted by Crippen LogP contribution is 2.13. The summed E-state index contributed by atoms with van der Waals surface area (Å²) in [4.78, 5) is 37.0. The van der Waals surface area contributed by atoms with Crippen LogP contribution in [-0.2, 0) is 33.3 Å². The number of likely N-dealkylation sites (N-methyl/N-ethyl adjacent to an activating group) is 1. The molecule has 0 amide bonds. The molecule has 0 aromatic rings. The Morgan fingerprint density at radius 1 is 0.554 bits per heavy atom. The lowest BCUT2D eigenvalue weighted by molar-refractivity contribution is -0.870. The number of allylic oxidation sites excluding steroid dienone is 12. The second-order valence-corrected chi connectivity index (χ2v) is 15.3. The number of aliphatic carboxylic acids is 1. The van der Waals surface area contributed by atoms with Crippen LogP contribution in [0.15, 0.2) is 72.9 Å². The number of esters is 2. The minimum absolute atomic E-state index is 0.176. The van der Waals surface area contributed by atoms with Crippen LogP contribution in [0, 0.1) is 0 Å². The third-order valence-electron chi connectivity index (χ3n) is 8.73. The number of ether oxygens (including phenoxy) is 4. The lowest BCUT2D eigenvalue weighted by Crippen LogP contribution is -2.40. The average Bonchev–Trinajstić information content (AvgIpc) is 3.15. The standard InChI is InChI=1S/C47H79NO8/c1-6-8-10-12-14-16-18-19-20-21-22-23-24-25-26-27-28-30-32-34-36-38-45(50)56-43(42-55-47(46(51)52)53-40-39-48(3,4)5)41-54-44(49)37-35-33-31-29-17-15-13-11-9-7-2/h8,10,14,16,19-20,22-23,25-26,28,30,43,47H,6-7,9,11-13,15,17-18,21,24,27,29,31-42H2,1-5H3/p+1/b10-8-,16-14-,20-19-,23-22-,26-25-,30-28-. The maximum atomic E-state index is 12.7. The fourth-order valence-electron chi connectivity index (χ4n) is 5.37. The number of quaternary nitrogens is 1. The van der Waals surface area contributed by atoms with Gasteiger partial charge in [-0.15, -0.1) is 0 Å². The summed E-state index contributed by atoms with van der Waals surface area (Å²) in [5.41, 5.74) is 0. The summed E-state index contributed by atoms with van der Waals surface area (Å²) in [6.07, 6.45) is 44.0. The van der Waals surface area contributed by atoms with Crippen molar-refractivity contribution in [3.05, 3.63) is 72.9 Å². The molecule has 1 N–H and O–H groups in total. The maximum Gasteiger partial charge on any atom is 0.361 e. The molecule has 320 valence electrons. The van der Waals surface area contributed by atoms with E-state index in [1.54, 1.807) is 0 Å². The fraction of sp³-hybridized carbons (Fsp3) is 0.681. The average molecular weight is 787 g/mol. The van der Waals surface area contributed by atoms with Gasteiger partial charge in [0.05, 0.1) is 34.4 Å². The van der Waals surface area contributed by atoms with E-state index in [2.05, 4.69) is 86.8 Å². The van der Waals surface area contributed by atoms with Gasteiger partial charge in [0.25, 0.3) is 6.29 Å². The minimum atomic E-state index is -1.52. The molecule has 0 aliphatic carbocycles. The number of rotatable bonds is 38. The molecule has 0 rings (SSSR count). The number of nitrogens with zero attached hydrogens (tertiary/aromatic N) is 1. The summed E-state index contributed by atoms with van der Waals surface area (Å²) in [7, 11) is 5.93. The van der Waals surface area contributed by atoms with E-state index < -0.39 is 24.3 Å². The summed E-state index contributed by atoms with van der Waals surface area (Å²) < 4.78 is 22.6. The Morgan fingerprint density at radius 3 is 1.52 bits per heavy atom. The van der Waals surface area contributed by atoms with E-state index >= 15 is 0 Å². The zero-order chi connectivity index (χ0) is 41.4. The molecule has 0 heterocycles. The van der Waals surface area contributed by atoms with Gasteiger partial charge < -0.3 is 28.5 Å². The Kier molecular flexibility index (Phi) is 36.3. The van der Waals surface area contributed by atoms with Crippen molar-refractivity contribution in [3.8, 4) is 0 Å². The lowest BCUT2D eigenvalue weighted by Gasteiger charge is -2.25. The van der Waals surface area contributed by atoms with Crippen molar-refractivity contribution in [2.75, 3.05) is 47.5 Å². The highest BCUT2D eigenvalue weighted by molar-refractivity contribution is 5.71. The molecule has 2 unspecified atom stereocenters. The van der Waals surface area contributed by atoms with Gasteiger partial charge in [-0.25, -0.2) is 4.79 Å². The Hall–Kier alpha value is -3.27. The second-order valence-electron chi connectivity index (χ2n) is 15.3. The normalized spacial score (nSPS) is 13.7. The van der Waals surface area contributed by atoms with E-state index in [0.717, 1.165) is 70.6 Å². The fourth-order valence-corrected chi connectivity index (χ4v) is 5.37. The van der Waals surface area contributed by atoms with Crippen molar-refractivity contribution < 1.29 is 42.9 Å². The van der Waals surface area contributed by atoms with Crippen LogP contribution in [-0.4, -0.2) is 87.4 Å². The molecule has 0 aliphatic heterocycles. The molecule has 0 aromatic carbocycles. The molecule has 0 spiro atoms. The predicted molar refractivity (Wildman–Crippen MR) is 230 cm³/mol. The highest BCUT2D eigenvalue weighted by Gasteiger charge is 2.25. The summed E-state index contributed by atoms with van der Waals surface area (Å²) >= 11 is 0. The minimum Gasteiger partial charge on any atom is -0.477 e. The smallest absolute Gasteiger partial charge is 0.361 e. The SMILES string of the molecule is CC/C=C\C/C=C\C/C=C\C/C=C\C/C=C\C/C=C\CCCCC(=O)OC(COC(=O)CCCCCCCCCCCC)COC(OCC[N+](C)(C)C)C(=O)O. The van der Waals surface area contributed by atoms with Crippen molar-refractivity contribution in [1.29, 1.82) is 0 Å². The number of unbranched alkanes of at least 4 members (excludes halogenated alkanes) is 11. The molecule has 9 heteroatoms. The van der Waals surface area contributed by atoms with Gasteiger partial charge in [0.15, 0.2) is 6.10 Å². The first kappa shape index (κ1) is 52.7. The number of hydrogen-bond donors (Lipinski definition) is 1. The summed E-state index contributed by atoms with van der Waals surface area (Å²) in [6, 6.07) is 0. The molecule has 9 nitrogen and oxygen atoms in total. The molecule has 0 bridgehead atoms. The molecular weight excluding hydrogens is 707 g/mol. The molecule has 56 heavy (non-hydrogen) atoms. The lowest BCUT2D eigenvalue weighted by atomic mass is 10.1. The third-order valence-corrected chi connectivity index (χ3v) is 8.73. The number of carbonyl (C=O) groups excluding carboxylic acids is 2. The molecular formula is C47H80NO8+. The van der Waals surface area contributed by atoms with Crippen LogP contribution in [0.4, 0.5) is 0 Å². The van der Waals surface area contributed by atoms with E-state index in [9.17, 15) is 19.5 Å². The molecule has 2 atom stereocenters. The van der Waals surface area contributed by atoms with Crippen LogP contribution in [0.2, 0.25) is 0 Å². The first-order chi connectivity index (χ1) is 27.1. The number of carboxylic acids is 1. The van der Waals surface area contributed by atoms with E-state index in [1.807, 2.05) is 21.1 Å². The molecule has 0 aromatic heterocycles. The highest BCUT2D eigenvalue weighted by atomic mass is 16.7. The number of hydrogen-bond acceptors (Lipinski definition) is 7. The van der Waals surface area contributed by atoms with Gasteiger partial charge in [-0.1, -0.05) is 145 Å². The zero-order valence-electron chi connectivity index (χ0n) is 36.0. The van der Waals surface area contributed by atoms with Gasteiger partial charge in [-0.2, -0.15) is 0 Å². The summed E-state index contributed by atoms with van der Waals surface area (Å²) in [6.45, 7) is 4.66. The molecule has 0 saturated carbocycles. The summed E-state index contributed by atoms with van der Waals surface area (Å²) in [5.74, 6) is -2.08. The van der Waals surface area contributed by atoms with Crippen molar-refractivity contribution >= 4 is 17.9 Å². The zero-order valence-corrected chi connectivity index (χ0v) is 36.0. The third kappa shape index (κ3) is 39.0. The van der Waals surface area contributed by atoms with Crippen molar-refractivity contribution in [2.24, 2.45) is 0 Å². The van der Waals surface area contributed by atoms with E-state index in [4.69, 9.17) is 18.9 Å². The van der Waals surface area contributed by atoms with E-state index in [-0.39, 0.29) is 32.2 Å². The Balaban J connectivity index is 4.54. The van der Waals surface area contributed by atoms with Gasteiger partial charge in [0.2, 0.25) is 0 Å². The van der Waals surface area contributed by atoms with Crippen molar-refractivity contribution in [1.82, 2.24) is 0 Å². The largest absolute Gasteiger partial charge is 0.477 e. The van der Waals surface area contributed by atoms with Gasteiger partial charge in [-0.3, -0.25) is 9.59 Å². The molecule has 0 saturated heterocycles. The number of carboxylic acid groups (broad SMARTS) is 1. The summed E-state index contributed by atoms with van der Waals surface area (Å²) in [5, 5.41) is 9.61. The monoisotopic (exact) mass is 787 g/mol. The van der Waals surface area contributed by atoms with Crippen molar-refractivity contribution in [3.63, 3.8) is 0 Å². The van der Waals surface area contributed by atoms with E-state index in [1.165, 1.54) is 44.9 Å². The van der Waals surface area contributed by atoms with Gasteiger partial charge in [0.1, 0.15) is 13.2 Å². The van der Waals surface area contributed by atoms with Crippen molar-refractivity contribution in [2.45, 2.75) is 161 Å². The Labute approximate surface area is 341 Å². The quantitative estimate of drug-likeness (QED) is 0.0217. The van der Waals surface area contributed by atoms with Gasteiger partial charge >= 0.3 is 17.9 Å². The second kappa shape index (κ2) is 38.6. The van der Waals surface area contributed by atoms with Crippen LogP contribution >= 0.6 is 0 Å². The maximum absolute atomic E-state index is 12.7. The van der Waals surface area contributed by atoms with Crippen LogP contribution in [0.1, 0.15) is 149 Å². The molecule has 0 radical (unpaired) electrons. The van der Waals surface area contributed by atoms with Crippen LogP contribution in [0.3, 0.4) is 0 Å². The Morgan fingerprint density at radius 2 is 1.02 bits per heavy atom. The van der Waals surface area contributed by atoms with Gasteiger partial charge in [-0.05, 0) is 64.2 Å². The van der Waals surface area contributed by atoms with Crippen LogP contribution in [0.25, 0.3) is 0 Å².